The average molecular weight is 304 g/mol. The Labute approximate surface area is 126 Å². The Bertz CT molecular complexity index is 676. The van der Waals surface area contributed by atoms with Crippen molar-refractivity contribution in [2.75, 3.05) is 18.5 Å². The highest BCUT2D eigenvalue weighted by Crippen LogP contribution is 2.29. The summed E-state index contributed by atoms with van der Waals surface area (Å²) in [7, 11) is 0. The van der Waals surface area contributed by atoms with Gasteiger partial charge in [0.2, 0.25) is 0 Å². The topological polar surface area (TPSA) is 34.1 Å². The van der Waals surface area contributed by atoms with Crippen molar-refractivity contribution in [2.24, 2.45) is 0 Å². The van der Waals surface area contributed by atoms with Crippen LogP contribution in [0.25, 0.3) is 10.2 Å². The highest BCUT2D eigenvalue weighted by Gasteiger charge is 2.05. The summed E-state index contributed by atoms with van der Waals surface area (Å²) in [5, 5.41) is 6.49. The van der Waals surface area contributed by atoms with E-state index in [0.29, 0.717) is 6.61 Å². The van der Waals surface area contributed by atoms with E-state index in [2.05, 4.69) is 33.9 Å². The Morgan fingerprint density at radius 1 is 1.30 bits per heavy atom. The molecule has 3 rings (SSSR count). The fraction of sp³-hybridized carbons (Fsp3) is 0.267. The third-order valence-corrected chi connectivity index (χ3v) is 4.81. The van der Waals surface area contributed by atoms with Gasteiger partial charge in [0.1, 0.15) is 5.75 Å². The van der Waals surface area contributed by atoms with Crippen LogP contribution in [0.5, 0.6) is 5.75 Å². The first kappa shape index (κ1) is 13.4. The van der Waals surface area contributed by atoms with Gasteiger partial charge < -0.3 is 10.1 Å². The van der Waals surface area contributed by atoms with Crippen LogP contribution in [0.3, 0.4) is 0 Å². The van der Waals surface area contributed by atoms with E-state index in [9.17, 15) is 0 Å². The molecular weight excluding hydrogens is 288 g/mol. The van der Waals surface area contributed by atoms with Crippen LogP contribution in [-0.2, 0) is 6.42 Å². The molecule has 0 saturated heterocycles. The molecule has 0 atom stereocenters. The molecule has 0 aliphatic rings. The van der Waals surface area contributed by atoms with E-state index >= 15 is 0 Å². The Morgan fingerprint density at radius 2 is 2.25 bits per heavy atom. The summed E-state index contributed by atoms with van der Waals surface area (Å²) in [6.45, 7) is 3.60. The lowest BCUT2D eigenvalue weighted by Gasteiger charge is -2.00. The van der Waals surface area contributed by atoms with Crippen LogP contribution in [0.1, 0.15) is 11.8 Å². The fourth-order valence-corrected chi connectivity index (χ4v) is 3.61. The number of anilines is 1. The molecule has 0 fully saturated rings. The van der Waals surface area contributed by atoms with Gasteiger partial charge in [0, 0.05) is 11.4 Å². The molecule has 1 aromatic carbocycles. The maximum absolute atomic E-state index is 5.51. The van der Waals surface area contributed by atoms with Gasteiger partial charge in [-0.25, -0.2) is 4.98 Å². The molecule has 2 heterocycles. The van der Waals surface area contributed by atoms with Crippen molar-refractivity contribution in [2.45, 2.75) is 13.3 Å². The highest BCUT2D eigenvalue weighted by atomic mass is 32.1. The number of aromatic nitrogens is 1. The van der Waals surface area contributed by atoms with E-state index in [4.69, 9.17) is 4.74 Å². The van der Waals surface area contributed by atoms with Crippen molar-refractivity contribution >= 4 is 38.0 Å². The maximum atomic E-state index is 5.51. The summed E-state index contributed by atoms with van der Waals surface area (Å²) < 4.78 is 6.67. The molecule has 104 valence electrons. The summed E-state index contributed by atoms with van der Waals surface area (Å²) in [5.74, 6) is 0.911. The van der Waals surface area contributed by atoms with Crippen molar-refractivity contribution in [3.63, 3.8) is 0 Å². The summed E-state index contributed by atoms with van der Waals surface area (Å²) >= 11 is 3.47. The lowest BCUT2D eigenvalue weighted by atomic mass is 10.3. The second-order valence-electron chi connectivity index (χ2n) is 4.34. The standard InChI is InChI=1S/C15H16N2OS2/c1-2-18-11-5-6-13-14(10-11)20-15(17-13)16-8-7-12-4-3-9-19-12/h3-6,9-10H,2,7-8H2,1H3,(H,16,17). The Kier molecular flexibility index (Phi) is 4.18. The lowest BCUT2D eigenvalue weighted by molar-refractivity contribution is 0.341. The van der Waals surface area contributed by atoms with Gasteiger partial charge in [-0.15, -0.1) is 11.3 Å². The van der Waals surface area contributed by atoms with E-state index in [1.165, 1.54) is 4.88 Å². The molecule has 2 aromatic heterocycles. The maximum Gasteiger partial charge on any atom is 0.183 e. The molecule has 0 aliphatic heterocycles. The minimum atomic E-state index is 0.691. The molecule has 0 aliphatic carbocycles. The van der Waals surface area contributed by atoms with Crippen LogP contribution in [0.2, 0.25) is 0 Å². The first-order chi connectivity index (χ1) is 9.85. The Hall–Kier alpha value is -1.59. The van der Waals surface area contributed by atoms with E-state index in [1.807, 2.05) is 19.1 Å². The molecule has 3 aromatic rings. The smallest absolute Gasteiger partial charge is 0.183 e. The molecule has 1 N–H and O–H groups in total. The first-order valence-corrected chi connectivity index (χ1v) is 8.34. The first-order valence-electron chi connectivity index (χ1n) is 6.65. The monoisotopic (exact) mass is 304 g/mol. The van der Waals surface area contributed by atoms with Gasteiger partial charge in [-0.2, -0.15) is 0 Å². The summed E-state index contributed by atoms with van der Waals surface area (Å²) in [5.41, 5.74) is 1.03. The van der Waals surface area contributed by atoms with E-state index < -0.39 is 0 Å². The van der Waals surface area contributed by atoms with Crippen LogP contribution in [0, 0.1) is 0 Å². The Morgan fingerprint density at radius 3 is 3.05 bits per heavy atom. The zero-order valence-electron chi connectivity index (χ0n) is 11.3. The zero-order valence-corrected chi connectivity index (χ0v) is 12.9. The third-order valence-electron chi connectivity index (χ3n) is 2.90. The lowest BCUT2D eigenvalue weighted by Crippen LogP contribution is -2.03. The number of fused-ring (bicyclic) bond motifs is 1. The molecule has 20 heavy (non-hydrogen) atoms. The summed E-state index contributed by atoms with van der Waals surface area (Å²) in [6, 6.07) is 10.3. The minimum absolute atomic E-state index is 0.691. The Balaban J connectivity index is 1.66. The molecule has 0 saturated carbocycles. The number of rotatable bonds is 6. The summed E-state index contributed by atoms with van der Waals surface area (Å²) in [4.78, 5) is 5.99. The van der Waals surface area contributed by atoms with Crippen LogP contribution >= 0.6 is 22.7 Å². The van der Waals surface area contributed by atoms with E-state index in [-0.39, 0.29) is 0 Å². The second-order valence-corrected chi connectivity index (χ2v) is 6.40. The minimum Gasteiger partial charge on any atom is -0.494 e. The van der Waals surface area contributed by atoms with Crippen molar-refractivity contribution in [3.8, 4) is 5.75 Å². The van der Waals surface area contributed by atoms with Gasteiger partial charge in [-0.1, -0.05) is 17.4 Å². The van der Waals surface area contributed by atoms with E-state index in [1.54, 1.807) is 22.7 Å². The van der Waals surface area contributed by atoms with Gasteiger partial charge in [0.15, 0.2) is 5.13 Å². The zero-order chi connectivity index (χ0) is 13.8. The summed E-state index contributed by atoms with van der Waals surface area (Å²) in [6.07, 6.45) is 1.04. The van der Waals surface area contributed by atoms with Crippen LogP contribution in [0.4, 0.5) is 5.13 Å². The number of hydrogen-bond donors (Lipinski definition) is 1. The molecular formula is C15H16N2OS2. The van der Waals surface area contributed by atoms with Crippen LogP contribution < -0.4 is 10.1 Å². The fourth-order valence-electron chi connectivity index (χ4n) is 1.98. The van der Waals surface area contributed by atoms with Crippen LogP contribution in [-0.4, -0.2) is 18.1 Å². The van der Waals surface area contributed by atoms with Gasteiger partial charge in [-0.3, -0.25) is 0 Å². The van der Waals surface area contributed by atoms with Crippen molar-refractivity contribution < 1.29 is 4.74 Å². The molecule has 0 bridgehead atoms. The van der Waals surface area contributed by atoms with Crippen molar-refractivity contribution in [1.82, 2.24) is 4.98 Å². The largest absolute Gasteiger partial charge is 0.494 e. The number of nitrogens with one attached hydrogen (secondary N) is 1. The normalized spacial score (nSPS) is 10.8. The molecule has 3 nitrogen and oxygen atoms in total. The number of benzene rings is 1. The third kappa shape index (κ3) is 3.11. The quantitative estimate of drug-likeness (QED) is 0.732. The molecule has 0 radical (unpaired) electrons. The van der Waals surface area contributed by atoms with E-state index in [0.717, 1.165) is 34.1 Å². The van der Waals surface area contributed by atoms with Crippen molar-refractivity contribution in [1.29, 1.82) is 0 Å². The average Bonchev–Trinajstić information content (AvgIpc) is 3.07. The second kappa shape index (κ2) is 6.24. The van der Waals surface area contributed by atoms with Gasteiger partial charge in [-0.05, 0) is 43.0 Å². The highest BCUT2D eigenvalue weighted by molar-refractivity contribution is 7.22. The van der Waals surface area contributed by atoms with Crippen molar-refractivity contribution in [3.05, 3.63) is 40.6 Å². The SMILES string of the molecule is CCOc1ccc2nc(NCCc3cccs3)sc2c1. The number of nitrogens with zero attached hydrogens (tertiary/aromatic N) is 1. The van der Waals surface area contributed by atoms with Crippen LogP contribution in [0.15, 0.2) is 35.7 Å². The van der Waals surface area contributed by atoms with Gasteiger partial charge in [0.25, 0.3) is 0 Å². The number of thiazole rings is 1. The van der Waals surface area contributed by atoms with Gasteiger partial charge in [0.05, 0.1) is 16.8 Å². The van der Waals surface area contributed by atoms with Gasteiger partial charge >= 0.3 is 0 Å². The number of thiophene rings is 1. The molecule has 0 unspecified atom stereocenters. The predicted molar refractivity (Wildman–Crippen MR) is 87.3 cm³/mol. The predicted octanol–water partition coefficient (Wildman–Crippen LogP) is 4.41. The number of ether oxygens (including phenoxy) is 1. The molecule has 0 amide bonds. The molecule has 0 spiro atoms. The molecule has 5 heteroatoms. The number of hydrogen-bond acceptors (Lipinski definition) is 5.